The lowest BCUT2D eigenvalue weighted by atomic mass is 9.92. The third kappa shape index (κ3) is 4.93. The van der Waals surface area contributed by atoms with Gasteiger partial charge in [-0.2, -0.15) is 0 Å². The Bertz CT molecular complexity index is 797. The van der Waals surface area contributed by atoms with Crippen molar-refractivity contribution in [1.29, 1.82) is 0 Å². The maximum atomic E-state index is 5.88. The Balaban J connectivity index is 0.000000471. The van der Waals surface area contributed by atoms with Crippen LogP contribution in [0.4, 0.5) is 0 Å². The van der Waals surface area contributed by atoms with Crippen molar-refractivity contribution in [1.82, 2.24) is 0 Å². The molecule has 0 unspecified atom stereocenters. The number of hydrogen-bond acceptors (Lipinski definition) is 2. The van der Waals surface area contributed by atoms with Gasteiger partial charge in [-0.3, -0.25) is 0 Å². The summed E-state index contributed by atoms with van der Waals surface area (Å²) in [7, 11) is 0. The van der Waals surface area contributed by atoms with Gasteiger partial charge in [0.05, 0.1) is 0 Å². The summed E-state index contributed by atoms with van der Waals surface area (Å²) in [5.74, 6) is 0. The molecule has 122 valence electrons. The highest BCUT2D eigenvalue weighted by molar-refractivity contribution is 8.10. The van der Waals surface area contributed by atoms with Gasteiger partial charge in [-0.25, -0.2) is 0 Å². The summed E-state index contributed by atoms with van der Waals surface area (Å²) >= 11 is 7.65. The van der Waals surface area contributed by atoms with Gasteiger partial charge >= 0.3 is 0 Å². The van der Waals surface area contributed by atoms with Crippen LogP contribution in [0.3, 0.4) is 0 Å². The zero-order valence-electron chi connectivity index (χ0n) is 13.2. The normalized spacial score (nSPS) is 9.75. The fourth-order valence-corrected chi connectivity index (χ4v) is 2.55. The van der Waals surface area contributed by atoms with Crippen LogP contribution in [-0.2, 0) is 6.54 Å². The summed E-state index contributed by atoms with van der Waals surface area (Å²) in [6.45, 7) is 0.555. The molecule has 0 heterocycles. The summed E-state index contributed by atoms with van der Waals surface area (Å²) in [5, 5.41) is 0. The first-order chi connectivity index (χ1) is 11.6. The van der Waals surface area contributed by atoms with Crippen molar-refractivity contribution in [2.24, 2.45) is 11.5 Å². The zero-order chi connectivity index (χ0) is 17.4. The Kier molecular flexibility index (Phi) is 7.00. The van der Waals surface area contributed by atoms with Crippen LogP contribution in [0, 0.1) is 0 Å². The first-order valence-corrected chi connectivity index (χ1v) is 8.40. The Labute approximate surface area is 153 Å². The lowest BCUT2D eigenvalue weighted by molar-refractivity contribution is 1.07. The molecule has 0 saturated heterocycles. The minimum absolute atomic E-state index is 0.194. The van der Waals surface area contributed by atoms with Crippen LogP contribution in [0.5, 0.6) is 0 Å². The molecule has 0 spiro atoms. The molecule has 0 amide bonds. The number of nitrogens with two attached hydrogens (primary N) is 2. The van der Waals surface area contributed by atoms with E-state index in [1.807, 2.05) is 12.1 Å². The highest BCUT2D eigenvalue weighted by Crippen LogP contribution is 2.33. The molecule has 3 aromatic rings. The van der Waals surface area contributed by atoms with Crippen LogP contribution in [0.2, 0.25) is 0 Å². The van der Waals surface area contributed by atoms with Crippen molar-refractivity contribution >= 4 is 29.2 Å². The van der Waals surface area contributed by atoms with E-state index in [0.717, 1.165) is 0 Å². The van der Waals surface area contributed by atoms with Crippen molar-refractivity contribution in [3.8, 4) is 22.3 Å². The van der Waals surface area contributed by atoms with Gasteiger partial charge < -0.3 is 11.5 Å². The summed E-state index contributed by atoms with van der Waals surface area (Å²) < 4.78 is 0.194. The maximum absolute atomic E-state index is 5.88. The number of hydrogen-bond donors (Lipinski definition) is 3. The zero-order valence-corrected chi connectivity index (χ0v) is 14.9. The second-order valence-electron chi connectivity index (χ2n) is 5.11. The maximum Gasteiger partial charge on any atom is 0.128 e. The molecular weight excluding hydrogens is 332 g/mol. The average Bonchev–Trinajstić information content (AvgIpc) is 2.62. The van der Waals surface area contributed by atoms with Crippen molar-refractivity contribution < 1.29 is 0 Å². The van der Waals surface area contributed by atoms with Gasteiger partial charge in [0.25, 0.3) is 0 Å². The molecule has 0 aliphatic heterocycles. The molecule has 4 N–H and O–H groups in total. The molecular formula is C20H20N2S2. The third-order valence-electron chi connectivity index (χ3n) is 3.54. The van der Waals surface area contributed by atoms with Gasteiger partial charge in [-0.1, -0.05) is 91.1 Å². The second kappa shape index (κ2) is 9.23. The SMILES string of the molecule is NC(=S)S.NCc1ccccc1-c1ccccc1-c1ccccc1. The van der Waals surface area contributed by atoms with Crippen LogP contribution in [0.1, 0.15) is 5.56 Å². The largest absolute Gasteiger partial charge is 0.385 e. The van der Waals surface area contributed by atoms with E-state index in [4.69, 9.17) is 11.5 Å². The van der Waals surface area contributed by atoms with Crippen molar-refractivity contribution in [2.45, 2.75) is 6.54 Å². The van der Waals surface area contributed by atoms with E-state index in [1.54, 1.807) is 0 Å². The molecule has 0 atom stereocenters. The fourth-order valence-electron chi connectivity index (χ4n) is 2.55. The number of rotatable bonds is 3. The monoisotopic (exact) mass is 352 g/mol. The van der Waals surface area contributed by atoms with Crippen molar-refractivity contribution in [3.63, 3.8) is 0 Å². The van der Waals surface area contributed by atoms with Crippen LogP contribution in [0.15, 0.2) is 78.9 Å². The van der Waals surface area contributed by atoms with Gasteiger partial charge in [0.1, 0.15) is 4.32 Å². The lowest BCUT2D eigenvalue weighted by Crippen LogP contribution is -1.99. The average molecular weight is 353 g/mol. The smallest absolute Gasteiger partial charge is 0.128 e. The van der Waals surface area contributed by atoms with E-state index in [1.165, 1.54) is 27.8 Å². The van der Waals surface area contributed by atoms with E-state index in [0.29, 0.717) is 6.54 Å². The molecule has 0 aliphatic carbocycles. The molecule has 0 bridgehead atoms. The van der Waals surface area contributed by atoms with Gasteiger partial charge in [-0.05, 0) is 27.8 Å². The lowest BCUT2D eigenvalue weighted by Gasteiger charge is -2.13. The quantitative estimate of drug-likeness (QED) is 0.475. The Hall–Kier alpha value is -2.14. The minimum atomic E-state index is 0.194. The molecule has 2 nitrogen and oxygen atoms in total. The summed E-state index contributed by atoms with van der Waals surface area (Å²) in [6.07, 6.45) is 0. The molecule has 0 radical (unpaired) electrons. The third-order valence-corrected chi connectivity index (χ3v) is 3.54. The van der Waals surface area contributed by atoms with E-state index in [-0.39, 0.29) is 4.32 Å². The predicted molar refractivity (Wildman–Crippen MR) is 111 cm³/mol. The first-order valence-electron chi connectivity index (χ1n) is 7.54. The molecule has 0 aliphatic rings. The van der Waals surface area contributed by atoms with E-state index in [9.17, 15) is 0 Å². The molecule has 0 fully saturated rings. The molecule has 0 saturated carbocycles. The van der Waals surface area contributed by atoms with Gasteiger partial charge in [0.2, 0.25) is 0 Å². The Morgan fingerprint density at radius 3 is 1.79 bits per heavy atom. The van der Waals surface area contributed by atoms with E-state index >= 15 is 0 Å². The van der Waals surface area contributed by atoms with E-state index in [2.05, 4.69) is 91.6 Å². The summed E-state index contributed by atoms with van der Waals surface area (Å²) in [6, 6.07) is 27.3. The van der Waals surface area contributed by atoms with E-state index < -0.39 is 0 Å². The van der Waals surface area contributed by atoms with Crippen LogP contribution < -0.4 is 11.5 Å². The predicted octanol–water partition coefficient (Wildman–Crippen LogP) is 4.64. The fraction of sp³-hybridized carbons (Fsp3) is 0.0500. The van der Waals surface area contributed by atoms with Crippen LogP contribution in [-0.4, -0.2) is 4.32 Å². The van der Waals surface area contributed by atoms with Gasteiger partial charge in [0.15, 0.2) is 0 Å². The second-order valence-corrected chi connectivity index (χ2v) is 6.34. The highest BCUT2D eigenvalue weighted by Gasteiger charge is 2.09. The van der Waals surface area contributed by atoms with Gasteiger partial charge in [0, 0.05) is 6.54 Å². The molecule has 4 heteroatoms. The topological polar surface area (TPSA) is 52.0 Å². The number of thiocarbonyl (C=S) groups is 1. The molecule has 3 rings (SSSR count). The highest BCUT2D eigenvalue weighted by atomic mass is 32.1. The Morgan fingerprint density at radius 1 is 0.750 bits per heavy atom. The van der Waals surface area contributed by atoms with Crippen molar-refractivity contribution in [3.05, 3.63) is 84.4 Å². The van der Waals surface area contributed by atoms with Crippen LogP contribution >= 0.6 is 24.8 Å². The summed E-state index contributed by atoms with van der Waals surface area (Å²) in [5.41, 5.74) is 16.7. The molecule has 0 aromatic heterocycles. The van der Waals surface area contributed by atoms with Gasteiger partial charge in [-0.15, -0.1) is 12.6 Å². The standard InChI is InChI=1S/C19H17N.CH3NS2/c20-14-16-10-4-5-12-18(16)19-13-7-6-11-17(19)15-8-2-1-3-9-15;2-1(3)4/h1-13H,14,20H2;(H3,2,3,4). The number of thiol groups is 1. The van der Waals surface area contributed by atoms with Crippen LogP contribution in [0.25, 0.3) is 22.3 Å². The Morgan fingerprint density at radius 2 is 1.21 bits per heavy atom. The van der Waals surface area contributed by atoms with Crippen molar-refractivity contribution in [2.75, 3.05) is 0 Å². The summed E-state index contributed by atoms with van der Waals surface area (Å²) in [4.78, 5) is 0. The minimum Gasteiger partial charge on any atom is -0.385 e. The first kappa shape index (κ1) is 18.2. The molecule has 3 aromatic carbocycles. The number of benzene rings is 3. The molecule has 24 heavy (non-hydrogen) atoms.